The fourth-order valence-corrected chi connectivity index (χ4v) is 1.49. The summed E-state index contributed by atoms with van der Waals surface area (Å²) in [6.45, 7) is 0. The Balaban J connectivity index is 2.41. The minimum absolute atomic E-state index is 0.231. The highest BCUT2D eigenvalue weighted by atomic mass is 35.5. The van der Waals surface area contributed by atoms with Gasteiger partial charge in [-0.2, -0.15) is 0 Å². The maximum absolute atomic E-state index is 9.08. The number of rotatable bonds is 1. The van der Waals surface area contributed by atoms with Gasteiger partial charge in [-0.1, -0.05) is 23.7 Å². The lowest BCUT2D eigenvalue weighted by Gasteiger charge is -2.15. The number of nitrogens with zero attached hydrogens (tertiary/aromatic N) is 1. The second-order valence-electron chi connectivity index (χ2n) is 2.86. The highest BCUT2D eigenvalue weighted by Gasteiger charge is 2.26. The number of benzene rings is 1. The maximum Gasteiger partial charge on any atom is 0.177 e. The number of hydrogen-bond acceptors (Lipinski definition) is 2. The van der Waals surface area contributed by atoms with E-state index in [4.69, 9.17) is 16.7 Å². The normalized spacial score (nSPS) is 25.3. The fraction of sp³-hybridized carbons (Fsp3) is 0.100. The zero-order valence-electron chi connectivity index (χ0n) is 6.81. The molecule has 66 valence electrons. The van der Waals surface area contributed by atoms with E-state index in [1.807, 2.05) is 0 Å². The van der Waals surface area contributed by atoms with Gasteiger partial charge in [0.1, 0.15) is 5.75 Å². The summed E-state index contributed by atoms with van der Waals surface area (Å²) in [4.78, 5) is 3.35. The van der Waals surface area contributed by atoms with E-state index in [0.29, 0.717) is 0 Å². The number of aromatic hydroxyl groups is 1. The zero-order chi connectivity index (χ0) is 9.31. The first-order valence-corrected chi connectivity index (χ1v) is 4.30. The van der Waals surface area contributed by atoms with Crippen LogP contribution in [0.4, 0.5) is 0 Å². The Labute approximate surface area is 81.2 Å². The van der Waals surface area contributed by atoms with Gasteiger partial charge in [0.15, 0.2) is 5.00 Å². The van der Waals surface area contributed by atoms with E-state index in [2.05, 4.69) is 4.99 Å². The molecule has 1 heterocycles. The predicted molar refractivity (Wildman–Crippen MR) is 53.3 cm³/mol. The molecule has 2 rings (SSSR count). The van der Waals surface area contributed by atoms with Gasteiger partial charge in [0, 0.05) is 6.21 Å². The van der Waals surface area contributed by atoms with Crippen LogP contribution in [0.15, 0.2) is 41.4 Å². The lowest BCUT2D eigenvalue weighted by atomic mass is 10.1. The summed E-state index contributed by atoms with van der Waals surface area (Å²) < 4.78 is 0. The van der Waals surface area contributed by atoms with Gasteiger partial charge in [-0.15, -0.1) is 0 Å². The van der Waals surface area contributed by atoms with Gasteiger partial charge in [0.25, 0.3) is 0 Å². The molecule has 0 fully saturated rings. The van der Waals surface area contributed by atoms with Crippen LogP contribution in [0.2, 0.25) is 0 Å². The Hall–Kier alpha value is -1.28. The molecule has 1 aliphatic heterocycles. The first kappa shape index (κ1) is 8.32. The van der Waals surface area contributed by atoms with E-state index < -0.39 is 5.00 Å². The van der Waals surface area contributed by atoms with Crippen molar-refractivity contribution in [2.75, 3.05) is 0 Å². The van der Waals surface area contributed by atoms with Crippen LogP contribution < -0.4 is 0 Å². The summed E-state index contributed by atoms with van der Waals surface area (Å²) in [5, 5.41) is 9.08. The van der Waals surface area contributed by atoms with E-state index in [9.17, 15) is 0 Å². The summed E-state index contributed by atoms with van der Waals surface area (Å²) in [6.07, 6.45) is 5.28. The summed E-state index contributed by atoms with van der Waals surface area (Å²) in [5.74, 6) is 0.231. The Morgan fingerprint density at radius 2 is 1.92 bits per heavy atom. The van der Waals surface area contributed by atoms with E-state index in [0.717, 1.165) is 5.56 Å². The molecule has 0 aliphatic carbocycles. The van der Waals surface area contributed by atoms with E-state index in [1.54, 1.807) is 42.6 Å². The molecule has 1 atom stereocenters. The van der Waals surface area contributed by atoms with Gasteiger partial charge in [0.05, 0.1) is 0 Å². The van der Waals surface area contributed by atoms with Crippen LogP contribution in [-0.2, 0) is 5.00 Å². The number of aliphatic imine (C=N–C) groups is 1. The van der Waals surface area contributed by atoms with Crippen LogP contribution in [0.1, 0.15) is 5.56 Å². The quantitative estimate of drug-likeness (QED) is 0.539. The highest BCUT2D eigenvalue weighted by molar-refractivity contribution is 6.26. The second kappa shape index (κ2) is 2.89. The Morgan fingerprint density at radius 1 is 1.23 bits per heavy atom. The molecule has 13 heavy (non-hydrogen) atoms. The van der Waals surface area contributed by atoms with E-state index >= 15 is 0 Å². The molecule has 1 aromatic carbocycles. The standard InChI is InChI=1S/C10H8ClNO/c11-10(6-1-7-12-10)8-2-4-9(13)5-3-8/h1-7,13H. The average Bonchev–Trinajstić information content (AvgIpc) is 2.54. The molecule has 0 saturated carbocycles. The van der Waals surface area contributed by atoms with Crippen LogP contribution in [0, 0.1) is 0 Å². The monoisotopic (exact) mass is 193 g/mol. The van der Waals surface area contributed by atoms with Gasteiger partial charge in [0.2, 0.25) is 0 Å². The van der Waals surface area contributed by atoms with Crippen molar-refractivity contribution in [3.63, 3.8) is 0 Å². The molecule has 0 saturated heterocycles. The summed E-state index contributed by atoms with van der Waals surface area (Å²) in [7, 11) is 0. The van der Waals surface area contributed by atoms with Crippen LogP contribution in [-0.4, -0.2) is 11.3 Å². The molecule has 0 bridgehead atoms. The van der Waals surface area contributed by atoms with E-state index in [-0.39, 0.29) is 5.75 Å². The van der Waals surface area contributed by atoms with Crippen LogP contribution in [0.25, 0.3) is 0 Å². The lowest BCUT2D eigenvalue weighted by molar-refractivity contribution is 0.475. The number of phenols is 1. The maximum atomic E-state index is 9.08. The van der Waals surface area contributed by atoms with Crippen molar-refractivity contribution in [2.45, 2.75) is 5.00 Å². The van der Waals surface area contributed by atoms with Crippen molar-refractivity contribution in [1.82, 2.24) is 0 Å². The molecule has 3 heteroatoms. The molecule has 0 amide bonds. The van der Waals surface area contributed by atoms with Crippen molar-refractivity contribution in [3.8, 4) is 5.75 Å². The minimum atomic E-state index is -0.770. The van der Waals surface area contributed by atoms with Gasteiger partial charge in [-0.3, -0.25) is 4.99 Å². The molecule has 2 nitrogen and oxygen atoms in total. The SMILES string of the molecule is Oc1ccc(C2(Cl)C=CC=N2)cc1. The topological polar surface area (TPSA) is 32.6 Å². The molecule has 1 aromatic rings. The number of hydrogen-bond donors (Lipinski definition) is 1. The predicted octanol–water partition coefficient (Wildman–Crippen LogP) is 2.42. The van der Waals surface area contributed by atoms with Crippen LogP contribution in [0.3, 0.4) is 0 Å². The van der Waals surface area contributed by atoms with Crippen molar-refractivity contribution in [2.24, 2.45) is 4.99 Å². The first-order valence-electron chi connectivity index (χ1n) is 3.92. The first-order chi connectivity index (χ1) is 6.21. The highest BCUT2D eigenvalue weighted by Crippen LogP contribution is 2.34. The Morgan fingerprint density at radius 3 is 2.46 bits per heavy atom. The number of allylic oxidation sites excluding steroid dienone is 1. The molecular formula is C10H8ClNO. The molecule has 0 spiro atoms. The molecule has 1 aliphatic rings. The average molecular weight is 194 g/mol. The smallest absolute Gasteiger partial charge is 0.177 e. The molecular weight excluding hydrogens is 186 g/mol. The van der Waals surface area contributed by atoms with Gasteiger partial charge < -0.3 is 5.11 Å². The summed E-state index contributed by atoms with van der Waals surface area (Å²) in [6, 6.07) is 6.72. The van der Waals surface area contributed by atoms with Crippen LogP contribution in [0.5, 0.6) is 5.75 Å². The zero-order valence-corrected chi connectivity index (χ0v) is 7.57. The number of alkyl halides is 1. The number of phenolic OH excluding ortho intramolecular Hbond substituents is 1. The van der Waals surface area contributed by atoms with Crippen molar-refractivity contribution >= 4 is 17.8 Å². The van der Waals surface area contributed by atoms with Crippen molar-refractivity contribution < 1.29 is 5.11 Å². The third kappa shape index (κ3) is 1.45. The Kier molecular flexibility index (Phi) is 1.85. The van der Waals surface area contributed by atoms with Gasteiger partial charge >= 0.3 is 0 Å². The van der Waals surface area contributed by atoms with Gasteiger partial charge in [-0.25, -0.2) is 0 Å². The van der Waals surface area contributed by atoms with E-state index in [1.165, 1.54) is 0 Å². The Bertz CT molecular complexity index is 355. The summed E-state index contributed by atoms with van der Waals surface area (Å²) in [5.41, 5.74) is 0.858. The minimum Gasteiger partial charge on any atom is -0.508 e. The number of halogens is 1. The van der Waals surface area contributed by atoms with Crippen molar-refractivity contribution in [3.05, 3.63) is 42.0 Å². The third-order valence-electron chi connectivity index (χ3n) is 1.94. The van der Waals surface area contributed by atoms with Crippen molar-refractivity contribution in [1.29, 1.82) is 0 Å². The summed E-state index contributed by atoms with van der Waals surface area (Å²) >= 11 is 6.18. The largest absolute Gasteiger partial charge is 0.508 e. The molecule has 1 N–H and O–H groups in total. The fourth-order valence-electron chi connectivity index (χ4n) is 1.23. The second-order valence-corrected chi connectivity index (χ2v) is 3.43. The van der Waals surface area contributed by atoms with Gasteiger partial charge in [-0.05, 0) is 29.8 Å². The molecule has 0 radical (unpaired) electrons. The third-order valence-corrected chi connectivity index (χ3v) is 2.38. The van der Waals surface area contributed by atoms with Crippen LogP contribution >= 0.6 is 11.6 Å². The molecule has 1 unspecified atom stereocenters. The lowest BCUT2D eigenvalue weighted by Crippen LogP contribution is -2.08. The molecule has 0 aromatic heterocycles.